The van der Waals surface area contributed by atoms with E-state index in [1.807, 2.05) is 6.92 Å². The fraction of sp³-hybridized carbons (Fsp3) is 1.00. The molecule has 4 unspecified atom stereocenters. The summed E-state index contributed by atoms with van der Waals surface area (Å²) in [7, 11) is -4.23. The first-order chi connectivity index (χ1) is 13.3. The Labute approximate surface area is 176 Å². The molecule has 170 valence electrons. The molecule has 0 spiro atoms. The van der Waals surface area contributed by atoms with Gasteiger partial charge in [-0.25, -0.2) is 0 Å². The van der Waals surface area contributed by atoms with E-state index in [2.05, 4.69) is 34.6 Å². The summed E-state index contributed by atoms with van der Waals surface area (Å²) in [5, 5.41) is -0.850. The van der Waals surface area contributed by atoms with Gasteiger partial charge < -0.3 is 9.79 Å². The Bertz CT molecular complexity index is 420. The van der Waals surface area contributed by atoms with Crippen LogP contribution < -0.4 is 0 Å². The molecule has 0 rings (SSSR count). The first-order valence-corrected chi connectivity index (χ1v) is 14.0. The third-order valence-electron chi connectivity index (χ3n) is 7.25. The Hall–Kier alpha value is 0.150. The van der Waals surface area contributed by atoms with Crippen LogP contribution in [0.2, 0.25) is 0 Å². The maximum Gasteiger partial charge on any atom is 0.332 e. The van der Waals surface area contributed by atoms with Crippen LogP contribution in [-0.4, -0.2) is 14.9 Å². The van der Waals surface area contributed by atoms with Crippen molar-refractivity contribution in [1.29, 1.82) is 0 Å². The summed E-state index contributed by atoms with van der Waals surface area (Å²) < 4.78 is 13.2. The van der Waals surface area contributed by atoms with E-state index < -0.39 is 12.8 Å². The third-order valence-corrected chi connectivity index (χ3v) is 9.34. The molecule has 0 aromatic heterocycles. The topological polar surface area (TPSA) is 57.5 Å². The summed E-state index contributed by atoms with van der Waals surface area (Å²) in [6.45, 7) is 13.0. The highest BCUT2D eigenvalue weighted by atomic mass is 31.2. The largest absolute Gasteiger partial charge is 0.332 e. The van der Waals surface area contributed by atoms with Crippen LogP contribution in [0.3, 0.4) is 0 Å². The molecule has 0 saturated carbocycles. The fourth-order valence-corrected chi connectivity index (χ4v) is 7.60. The molecule has 0 aliphatic heterocycles. The van der Waals surface area contributed by atoms with Crippen LogP contribution in [-0.2, 0) is 4.57 Å². The van der Waals surface area contributed by atoms with Crippen LogP contribution in [0.15, 0.2) is 0 Å². The number of hydrogen-bond acceptors (Lipinski definition) is 1. The Kier molecular flexibility index (Phi) is 15.1. The van der Waals surface area contributed by atoms with Crippen molar-refractivity contribution >= 4 is 7.60 Å². The summed E-state index contributed by atoms with van der Waals surface area (Å²) >= 11 is 0. The van der Waals surface area contributed by atoms with E-state index in [1.165, 1.54) is 19.3 Å². The summed E-state index contributed by atoms with van der Waals surface area (Å²) in [6, 6.07) is 0. The molecule has 0 saturated heterocycles. The molecule has 0 aromatic rings. The molecule has 0 radical (unpaired) electrons. The molecule has 0 aromatic carbocycles. The van der Waals surface area contributed by atoms with Gasteiger partial charge in [0.2, 0.25) is 0 Å². The van der Waals surface area contributed by atoms with Crippen LogP contribution >= 0.6 is 7.60 Å². The van der Waals surface area contributed by atoms with Crippen molar-refractivity contribution in [3.05, 3.63) is 0 Å². The molecule has 0 fully saturated rings. The molecular formula is C24H51O3P. The van der Waals surface area contributed by atoms with E-state index in [4.69, 9.17) is 0 Å². The van der Waals surface area contributed by atoms with Gasteiger partial charge in [-0.2, -0.15) is 0 Å². The van der Waals surface area contributed by atoms with Gasteiger partial charge in [-0.1, -0.05) is 112 Å². The minimum Gasteiger partial charge on any atom is -0.324 e. The minimum absolute atomic E-state index is 0.118. The number of unbranched alkanes of at least 4 members (excludes halogenated alkanes) is 5. The monoisotopic (exact) mass is 418 g/mol. The van der Waals surface area contributed by atoms with Gasteiger partial charge in [0.1, 0.15) is 0 Å². The van der Waals surface area contributed by atoms with Gasteiger partial charge in [0.15, 0.2) is 0 Å². The predicted molar refractivity (Wildman–Crippen MR) is 124 cm³/mol. The summed E-state index contributed by atoms with van der Waals surface area (Å²) in [5.41, 5.74) is 0. The van der Waals surface area contributed by atoms with Crippen molar-refractivity contribution in [3.8, 4) is 0 Å². The van der Waals surface area contributed by atoms with Gasteiger partial charge in [0.25, 0.3) is 0 Å². The molecule has 4 heteroatoms. The maximum absolute atomic E-state index is 13.2. The standard InChI is InChI=1S/C24H51O3P/c1-7-13-16-18-21(10-4)23(20-15-9-3)24(12-6,28(25,26)27)22(11-5)19-17-14-8-2/h21-23H,7-20H2,1-6H3,(H2,25,26,27). The molecule has 4 atom stereocenters. The average molecular weight is 419 g/mol. The van der Waals surface area contributed by atoms with E-state index in [1.54, 1.807) is 0 Å². The Morgan fingerprint density at radius 1 is 0.714 bits per heavy atom. The lowest BCUT2D eigenvalue weighted by atomic mass is 9.66. The van der Waals surface area contributed by atoms with Crippen LogP contribution in [0.1, 0.15) is 131 Å². The van der Waals surface area contributed by atoms with Crippen LogP contribution in [0.25, 0.3) is 0 Å². The quantitative estimate of drug-likeness (QED) is 0.174. The molecule has 0 aliphatic carbocycles. The van der Waals surface area contributed by atoms with Gasteiger partial charge in [0.05, 0.1) is 5.16 Å². The van der Waals surface area contributed by atoms with Crippen molar-refractivity contribution in [2.75, 3.05) is 0 Å². The van der Waals surface area contributed by atoms with Crippen molar-refractivity contribution in [2.24, 2.45) is 17.8 Å². The number of rotatable bonds is 18. The Balaban J connectivity index is 6.08. The molecule has 28 heavy (non-hydrogen) atoms. The average Bonchev–Trinajstić information content (AvgIpc) is 2.66. The maximum atomic E-state index is 13.2. The van der Waals surface area contributed by atoms with Crippen LogP contribution in [0.4, 0.5) is 0 Å². The predicted octanol–water partition coefficient (Wildman–Crippen LogP) is 8.33. The van der Waals surface area contributed by atoms with E-state index in [9.17, 15) is 14.4 Å². The highest BCUT2D eigenvalue weighted by Gasteiger charge is 2.56. The fourth-order valence-electron chi connectivity index (χ4n) is 5.63. The lowest BCUT2D eigenvalue weighted by Crippen LogP contribution is -2.47. The second-order valence-electron chi connectivity index (χ2n) is 8.90. The van der Waals surface area contributed by atoms with Gasteiger partial charge >= 0.3 is 7.60 Å². The molecule has 0 heterocycles. The zero-order chi connectivity index (χ0) is 21.6. The molecule has 3 nitrogen and oxygen atoms in total. The highest BCUT2D eigenvalue weighted by molar-refractivity contribution is 7.53. The van der Waals surface area contributed by atoms with Gasteiger partial charge in [-0.3, -0.25) is 4.57 Å². The first-order valence-electron chi connectivity index (χ1n) is 12.4. The molecule has 0 amide bonds. The van der Waals surface area contributed by atoms with Crippen molar-refractivity contribution < 1.29 is 14.4 Å². The lowest BCUT2D eigenvalue weighted by Gasteiger charge is -2.49. The van der Waals surface area contributed by atoms with Gasteiger partial charge in [0, 0.05) is 0 Å². The van der Waals surface area contributed by atoms with Gasteiger partial charge in [-0.05, 0) is 37.0 Å². The minimum atomic E-state index is -4.23. The second kappa shape index (κ2) is 15.0. The van der Waals surface area contributed by atoms with E-state index >= 15 is 0 Å². The van der Waals surface area contributed by atoms with Crippen molar-refractivity contribution in [3.63, 3.8) is 0 Å². The lowest BCUT2D eigenvalue weighted by molar-refractivity contribution is 0.115. The number of hydrogen-bond donors (Lipinski definition) is 2. The van der Waals surface area contributed by atoms with Crippen molar-refractivity contribution in [2.45, 2.75) is 137 Å². The van der Waals surface area contributed by atoms with E-state index in [0.717, 1.165) is 64.2 Å². The summed E-state index contributed by atoms with van der Waals surface area (Å²) in [6.07, 6.45) is 14.7. The third kappa shape index (κ3) is 7.77. The van der Waals surface area contributed by atoms with Crippen LogP contribution in [0.5, 0.6) is 0 Å². The molecule has 0 bridgehead atoms. The summed E-state index contributed by atoms with van der Waals surface area (Å²) in [4.78, 5) is 21.6. The normalized spacial score (nSPS) is 17.9. The molecule has 2 N–H and O–H groups in total. The summed E-state index contributed by atoms with van der Waals surface area (Å²) in [5.74, 6) is 0.671. The zero-order valence-electron chi connectivity index (χ0n) is 19.9. The van der Waals surface area contributed by atoms with Crippen LogP contribution in [0, 0.1) is 17.8 Å². The first kappa shape index (κ1) is 28.1. The SMILES string of the molecule is CCCCCC(CC)C(CCCC)C(CC)(C(CC)CCCCC)P(=O)(O)O. The smallest absolute Gasteiger partial charge is 0.324 e. The zero-order valence-corrected chi connectivity index (χ0v) is 20.8. The van der Waals surface area contributed by atoms with E-state index in [-0.39, 0.29) is 11.8 Å². The molecule has 0 aliphatic rings. The van der Waals surface area contributed by atoms with E-state index in [0.29, 0.717) is 12.3 Å². The Morgan fingerprint density at radius 2 is 1.25 bits per heavy atom. The molecular weight excluding hydrogens is 367 g/mol. The van der Waals surface area contributed by atoms with Gasteiger partial charge in [-0.15, -0.1) is 0 Å². The second-order valence-corrected chi connectivity index (χ2v) is 10.8. The highest BCUT2D eigenvalue weighted by Crippen LogP contribution is 2.65. The van der Waals surface area contributed by atoms with Crippen molar-refractivity contribution in [1.82, 2.24) is 0 Å². The Morgan fingerprint density at radius 3 is 1.64 bits per heavy atom.